The Morgan fingerprint density at radius 1 is 1.10 bits per heavy atom. The van der Waals surface area contributed by atoms with Crippen LogP contribution in [0.1, 0.15) is 5.56 Å². The molecule has 0 atom stereocenters. The van der Waals surface area contributed by atoms with E-state index in [2.05, 4.69) is 45.6 Å². The van der Waals surface area contributed by atoms with Crippen molar-refractivity contribution in [3.63, 3.8) is 0 Å². The number of aromatic nitrogens is 4. The van der Waals surface area contributed by atoms with Crippen molar-refractivity contribution in [2.45, 2.75) is 6.92 Å². The van der Waals surface area contributed by atoms with Gasteiger partial charge in [0.2, 0.25) is 0 Å². The number of nitrogens with zero attached hydrogens (tertiary/aromatic N) is 4. The fourth-order valence-corrected chi connectivity index (χ4v) is 3.27. The predicted molar refractivity (Wildman–Crippen MR) is 84.7 cm³/mol. The van der Waals surface area contributed by atoms with Crippen LogP contribution in [0, 0.1) is 6.92 Å². The van der Waals surface area contributed by atoms with Gasteiger partial charge in [-0.15, -0.1) is 11.3 Å². The van der Waals surface area contributed by atoms with E-state index in [1.807, 2.05) is 12.4 Å². The minimum Gasteiger partial charge on any atom is -0.259 e. The maximum atomic E-state index is 4.37. The zero-order valence-electron chi connectivity index (χ0n) is 11.4. The van der Waals surface area contributed by atoms with Gasteiger partial charge in [-0.1, -0.05) is 6.07 Å². The third-order valence-electron chi connectivity index (χ3n) is 3.47. The van der Waals surface area contributed by atoms with Gasteiger partial charge in [0.1, 0.15) is 0 Å². The molecule has 0 fully saturated rings. The summed E-state index contributed by atoms with van der Waals surface area (Å²) in [5.41, 5.74) is 3.56. The molecule has 3 aromatic heterocycles. The van der Waals surface area contributed by atoms with Crippen LogP contribution in [0.15, 0.2) is 54.6 Å². The summed E-state index contributed by atoms with van der Waals surface area (Å²) in [7, 11) is 0. The molecule has 0 radical (unpaired) electrons. The van der Waals surface area contributed by atoms with Gasteiger partial charge in [-0.05, 0) is 40.9 Å². The van der Waals surface area contributed by atoms with Crippen molar-refractivity contribution >= 4 is 21.4 Å². The quantitative estimate of drug-likeness (QED) is 0.563. The van der Waals surface area contributed by atoms with Crippen LogP contribution in [0.25, 0.3) is 27.0 Å². The van der Waals surface area contributed by atoms with E-state index in [0.29, 0.717) is 0 Å². The van der Waals surface area contributed by atoms with Crippen molar-refractivity contribution in [1.29, 1.82) is 0 Å². The van der Waals surface area contributed by atoms with Crippen molar-refractivity contribution in [2.75, 3.05) is 0 Å². The van der Waals surface area contributed by atoms with E-state index in [0.717, 1.165) is 11.4 Å². The molecule has 3 heterocycles. The molecule has 0 amide bonds. The predicted octanol–water partition coefficient (Wildman–Crippen LogP) is 3.85. The average molecular weight is 292 g/mol. The maximum Gasteiger partial charge on any atom is 0.171 e. The minimum atomic E-state index is 0.719. The van der Waals surface area contributed by atoms with Crippen molar-refractivity contribution in [1.82, 2.24) is 19.7 Å². The Bertz CT molecular complexity index is 908. The van der Waals surface area contributed by atoms with Gasteiger partial charge in [0, 0.05) is 28.9 Å². The maximum absolute atomic E-state index is 4.37. The second-order valence-corrected chi connectivity index (χ2v) is 5.78. The van der Waals surface area contributed by atoms with Gasteiger partial charge in [0.25, 0.3) is 0 Å². The number of rotatable bonds is 2. The Morgan fingerprint density at radius 3 is 2.90 bits per heavy atom. The highest BCUT2D eigenvalue weighted by Gasteiger charge is 2.07. The van der Waals surface area contributed by atoms with Crippen LogP contribution in [-0.4, -0.2) is 19.7 Å². The van der Waals surface area contributed by atoms with E-state index < -0.39 is 0 Å². The van der Waals surface area contributed by atoms with Crippen LogP contribution < -0.4 is 0 Å². The van der Waals surface area contributed by atoms with Crippen LogP contribution in [0.2, 0.25) is 0 Å². The van der Waals surface area contributed by atoms with E-state index in [1.165, 1.54) is 21.2 Å². The van der Waals surface area contributed by atoms with Crippen LogP contribution in [0.5, 0.6) is 0 Å². The molecule has 0 saturated carbocycles. The standard InChI is InChI=1S/C16H12N4S/c1-11-10-21-15-3-2-12(6-14(11)15)13-7-19-20(9-13)16-8-17-4-5-18-16/h2-10H,1H3. The molecule has 0 aliphatic rings. The van der Waals surface area contributed by atoms with Gasteiger partial charge < -0.3 is 0 Å². The second-order valence-electron chi connectivity index (χ2n) is 4.87. The van der Waals surface area contributed by atoms with Crippen LogP contribution in [-0.2, 0) is 0 Å². The first-order chi connectivity index (χ1) is 10.3. The van der Waals surface area contributed by atoms with Crippen LogP contribution >= 0.6 is 11.3 Å². The zero-order valence-corrected chi connectivity index (χ0v) is 12.2. The third kappa shape index (κ3) is 2.11. The monoisotopic (exact) mass is 292 g/mol. The molecular formula is C16H12N4S. The van der Waals surface area contributed by atoms with E-state index in [4.69, 9.17) is 0 Å². The highest BCUT2D eigenvalue weighted by Crippen LogP contribution is 2.30. The Morgan fingerprint density at radius 2 is 2.05 bits per heavy atom. The molecule has 5 heteroatoms. The Labute approximate surface area is 125 Å². The number of fused-ring (bicyclic) bond motifs is 1. The minimum absolute atomic E-state index is 0.719. The van der Waals surface area contributed by atoms with Crippen molar-refractivity contribution in [3.05, 3.63) is 60.1 Å². The molecule has 4 aromatic rings. The third-order valence-corrected chi connectivity index (χ3v) is 4.55. The first-order valence-electron chi connectivity index (χ1n) is 6.60. The molecule has 0 bridgehead atoms. The summed E-state index contributed by atoms with van der Waals surface area (Å²) in [5, 5.41) is 7.87. The molecule has 4 nitrogen and oxygen atoms in total. The summed E-state index contributed by atoms with van der Waals surface area (Å²) in [6, 6.07) is 6.53. The summed E-state index contributed by atoms with van der Waals surface area (Å²) in [6.45, 7) is 2.14. The Kier molecular flexibility index (Phi) is 2.79. The topological polar surface area (TPSA) is 43.6 Å². The highest BCUT2D eigenvalue weighted by molar-refractivity contribution is 7.17. The van der Waals surface area contributed by atoms with E-state index in [9.17, 15) is 0 Å². The summed E-state index contributed by atoms with van der Waals surface area (Å²) >= 11 is 1.78. The summed E-state index contributed by atoms with van der Waals surface area (Å²) in [6.07, 6.45) is 8.85. The first kappa shape index (κ1) is 12.2. The first-order valence-corrected chi connectivity index (χ1v) is 7.48. The van der Waals surface area contributed by atoms with Crippen LogP contribution in [0.3, 0.4) is 0 Å². The van der Waals surface area contributed by atoms with Gasteiger partial charge in [-0.2, -0.15) is 5.10 Å². The lowest BCUT2D eigenvalue weighted by atomic mass is 10.1. The van der Waals surface area contributed by atoms with Gasteiger partial charge in [-0.25, -0.2) is 9.67 Å². The molecule has 0 aliphatic heterocycles. The zero-order chi connectivity index (χ0) is 14.2. The fraction of sp³-hybridized carbons (Fsp3) is 0.0625. The van der Waals surface area contributed by atoms with Gasteiger partial charge in [0.05, 0.1) is 12.4 Å². The smallest absolute Gasteiger partial charge is 0.171 e. The van der Waals surface area contributed by atoms with E-state index in [1.54, 1.807) is 34.6 Å². The lowest BCUT2D eigenvalue weighted by Crippen LogP contribution is -1.97. The van der Waals surface area contributed by atoms with E-state index in [-0.39, 0.29) is 0 Å². The van der Waals surface area contributed by atoms with Gasteiger partial charge in [-0.3, -0.25) is 4.98 Å². The molecule has 4 rings (SSSR count). The molecule has 0 aliphatic carbocycles. The molecular weight excluding hydrogens is 280 g/mol. The molecule has 1 aromatic carbocycles. The average Bonchev–Trinajstić information content (AvgIpc) is 3.16. The SMILES string of the molecule is Cc1csc2ccc(-c3cnn(-c4cnccn4)c3)cc12. The summed E-state index contributed by atoms with van der Waals surface area (Å²) in [4.78, 5) is 8.32. The molecule has 21 heavy (non-hydrogen) atoms. The van der Waals surface area contributed by atoms with Gasteiger partial charge >= 0.3 is 0 Å². The Balaban J connectivity index is 1.79. The molecule has 0 saturated heterocycles. The molecule has 0 spiro atoms. The van der Waals surface area contributed by atoms with Crippen molar-refractivity contribution < 1.29 is 0 Å². The largest absolute Gasteiger partial charge is 0.259 e. The van der Waals surface area contributed by atoms with E-state index >= 15 is 0 Å². The number of thiophene rings is 1. The Hall–Kier alpha value is -2.53. The molecule has 0 N–H and O–H groups in total. The van der Waals surface area contributed by atoms with Crippen LogP contribution in [0.4, 0.5) is 0 Å². The summed E-state index contributed by atoms with van der Waals surface area (Å²) < 4.78 is 3.06. The highest BCUT2D eigenvalue weighted by atomic mass is 32.1. The lowest BCUT2D eigenvalue weighted by Gasteiger charge is -1.99. The molecule has 102 valence electrons. The number of hydrogen-bond acceptors (Lipinski definition) is 4. The summed E-state index contributed by atoms with van der Waals surface area (Å²) in [5.74, 6) is 0.719. The second kappa shape index (κ2) is 4.79. The van der Waals surface area contributed by atoms with Gasteiger partial charge in [0.15, 0.2) is 5.82 Å². The lowest BCUT2D eigenvalue weighted by molar-refractivity contribution is 0.838. The van der Waals surface area contributed by atoms with Crippen molar-refractivity contribution in [2.24, 2.45) is 0 Å². The number of hydrogen-bond donors (Lipinski definition) is 0. The fourth-order valence-electron chi connectivity index (χ4n) is 2.34. The normalized spacial score (nSPS) is 11.1. The molecule has 0 unspecified atom stereocenters. The number of benzene rings is 1. The van der Waals surface area contributed by atoms with Crippen molar-refractivity contribution in [3.8, 4) is 16.9 Å². The number of aryl methyl sites for hydroxylation is 1.